The van der Waals surface area contributed by atoms with E-state index in [1.807, 2.05) is 27.7 Å². The van der Waals surface area contributed by atoms with Gasteiger partial charge in [0.25, 0.3) is 0 Å². The number of hydrogen-bond acceptors (Lipinski definition) is 9. The quantitative estimate of drug-likeness (QED) is 0.329. The Morgan fingerprint density at radius 3 is 1.89 bits per heavy atom. The normalized spacial score (nSPS) is 13.2. The maximum atomic E-state index is 12.4. The maximum absolute atomic E-state index is 12.4. The van der Waals surface area contributed by atoms with Crippen LogP contribution in [0.1, 0.15) is 73.8 Å². The molecule has 9 nitrogen and oxygen atoms in total. The number of benzene rings is 1. The van der Waals surface area contributed by atoms with Crippen molar-refractivity contribution in [1.82, 2.24) is 0 Å². The number of carbonyl (C=O) groups excluding carboxylic acids is 4. The van der Waals surface area contributed by atoms with Gasteiger partial charge in [-0.25, -0.2) is 0 Å². The van der Waals surface area contributed by atoms with Crippen LogP contribution in [0.3, 0.4) is 0 Å². The summed E-state index contributed by atoms with van der Waals surface area (Å²) in [4.78, 5) is 48.8. The predicted octanol–water partition coefficient (Wildman–Crippen LogP) is 3.98. The summed E-state index contributed by atoms with van der Waals surface area (Å²) in [7, 11) is 0. The number of ether oxygens (including phenoxy) is 4. The molecule has 0 saturated carbocycles. The average molecular weight is 508 g/mol. The lowest BCUT2D eigenvalue weighted by molar-refractivity contribution is -0.165. The van der Waals surface area contributed by atoms with Crippen molar-refractivity contribution in [2.45, 2.75) is 86.8 Å². The van der Waals surface area contributed by atoms with E-state index in [1.54, 1.807) is 33.8 Å². The monoisotopic (exact) mass is 507 g/mol. The van der Waals surface area contributed by atoms with Gasteiger partial charge in [0.15, 0.2) is 11.5 Å². The highest BCUT2D eigenvalue weighted by Crippen LogP contribution is 2.30. The molecule has 0 saturated heterocycles. The third-order valence-corrected chi connectivity index (χ3v) is 4.74. The summed E-state index contributed by atoms with van der Waals surface area (Å²) >= 11 is 0. The first kappa shape index (κ1) is 31.1. The third-order valence-electron chi connectivity index (χ3n) is 4.74. The fourth-order valence-electron chi connectivity index (χ4n) is 2.88. The van der Waals surface area contributed by atoms with Gasteiger partial charge in [0.1, 0.15) is 18.8 Å². The van der Waals surface area contributed by atoms with E-state index in [1.165, 1.54) is 12.1 Å². The van der Waals surface area contributed by atoms with Crippen LogP contribution in [0, 0.1) is 17.3 Å². The fourth-order valence-corrected chi connectivity index (χ4v) is 2.88. The molecule has 0 fully saturated rings. The van der Waals surface area contributed by atoms with Gasteiger partial charge in [-0.2, -0.15) is 0 Å². The van der Waals surface area contributed by atoms with E-state index in [9.17, 15) is 19.2 Å². The maximum Gasteiger partial charge on any atom is 0.323 e. The highest BCUT2D eigenvalue weighted by Gasteiger charge is 2.26. The largest absolute Gasteiger partial charge is 0.461 e. The molecule has 0 bridgehead atoms. The molecular weight excluding hydrogens is 466 g/mol. The Morgan fingerprint density at radius 1 is 0.861 bits per heavy atom. The van der Waals surface area contributed by atoms with Crippen molar-refractivity contribution >= 4 is 23.9 Å². The molecule has 202 valence electrons. The summed E-state index contributed by atoms with van der Waals surface area (Å²) < 4.78 is 21.3. The van der Waals surface area contributed by atoms with Gasteiger partial charge in [-0.3, -0.25) is 19.2 Å². The Hall–Kier alpha value is -2.94. The van der Waals surface area contributed by atoms with Crippen LogP contribution in [0.5, 0.6) is 11.5 Å². The SMILES string of the molecule is CC(C)CC(=O)Oc1ccc(C[C@H](N)C(=O)OC[C@H](C)OC(=O)C(C)(C)C)cc1OC(=O)CC(C)C. The average Bonchev–Trinajstić information content (AvgIpc) is 2.71. The Labute approximate surface area is 214 Å². The molecule has 1 aromatic rings. The van der Waals surface area contributed by atoms with Crippen LogP contribution in [-0.2, 0) is 35.1 Å². The van der Waals surface area contributed by atoms with Gasteiger partial charge in [-0.1, -0.05) is 33.8 Å². The number of rotatable bonds is 12. The third kappa shape index (κ3) is 11.7. The number of hydrogen-bond donors (Lipinski definition) is 1. The highest BCUT2D eigenvalue weighted by atomic mass is 16.6. The second-order valence-corrected chi connectivity index (χ2v) is 10.8. The van der Waals surface area contributed by atoms with Crippen LogP contribution < -0.4 is 15.2 Å². The molecule has 0 amide bonds. The zero-order valence-corrected chi connectivity index (χ0v) is 22.7. The van der Waals surface area contributed by atoms with Crippen molar-refractivity contribution in [3.05, 3.63) is 23.8 Å². The smallest absolute Gasteiger partial charge is 0.323 e. The van der Waals surface area contributed by atoms with Gasteiger partial charge < -0.3 is 24.7 Å². The van der Waals surface area contributed by atoms with Crippen LogP contribution in [-0.4, -0.2) is 42.6 Å². The summed E-state index contributed by atoms with van der Waals surface area (Å²) in [5, 5.41) is 0. The van der Waals surface area contributed by atoms with Crippen molar-refractivity contribution in [2.24, 2.45) is 23.0 Å². The molecule has 1 rings (SSSR count). The molecule has 0 aliphatic rings. The number of carbonyl (C=O) groups is 4. The van der Waals surface area contributed by atoms with Crippen molar-refractivity contribution in [3.8, 4) is 11.5 Å². The lowest BCUT2D eigenvalue weighted by atomic mass is 9.97. The molecule has 9 heteroatoms. The summed E-state index contributed by atoms with van der Waals surface area (Å²) in [5.41, 5.74) is 5.94. The van der Waals surface area contributed by atoms with E-state index in [2.05, 4.69) is 0 Å². The molecule has 2 atom stereocenters. The van der Waals surface area contributed by atoms with Crippen LogP contribution in [0.15, 0.2) is 18.2 Å². The van der Waals surface area contributed by atoms with Gasteiger partial charge in [0.2, 0.25) is 0 Å². The van der Waals surface area contributed by atoms with Gasteiger partial charge in [-0.05, 0) is 63.6 Å². The van der Waals surface area contributed by atoms with Gasteiger partial charge in [0.05, 0.1) is 5.41 Å². The van der Waals surface area contributed by atoms with E-state index < -0.39 is 41.4 Å². The molecule has 0 spiro atoms. The minimum atomic E-state index is -1.01. The summed E-state index contributed by atoms with van der Waals surface area (Å²) in [6, 6.07) is 3.66. The minimum absolute atomic E-state index is 0.0820. The molecule has 0 aliphatic heterocycles. The molecule has 36 heavy (non-hydrogen) atoms. The summed E-state index contributed by atoms with van der Waals surface area (Å²) in [5.74, 6) is -1.59. The second-order valence-electron chi connectivity index (χ2n) is 10.8. The predicted molar refractivity (Wildman–Crippen MR) is 134 cm³/mol. The first-order valence-corrected chi connectivity index (χ1v) is 12.3. The molecule has 0 aliphatic carbocycles. The van der Waals surface area contributed by atoms with Crippen LogP contribution in [0.2, 0.25) is 0 Å². The van der Waals surface area contributed by atoms with Crippen molar-refractivity contribution in [3.63, 3.8) is 0 Å². The zero-order chi connectivity index (χ0) is 27.6. The molecule has 0 heterocycles. The molecular formula is C27H41NO8. The molecule has 0 unspecified atom stereocenters. The fraction of sp³-hybridized carbons (Fsp3) is 0.630. The van der Waals surface area contributed by atoms with E-state index >= 15 is 0 Å². The first-order valence-electron chi connectivity index (χ1n) is 12.3. The second kappa shape index (κ2) is 14.0. The Balaban J connectivity index is 2.88. The van der Waals surface area contributed by atoms with Gasteiger partial charge in [0, 0.05) is 12.8 Å². The summed E-state index contributed by atoms with van der Waals surface area (Å²) in [6.07, 6.45) is -0.140. The van der Waals surface area contributed by atoms with Crippen molar-refractivity contribution < 1.29 is 38.1 Å². The van der Waals surface area contributed by atoms with E-state index in [-0.39, 0.29) is 49.2 Å². The Bertz CT molecular complexity index is 917. The van der Waals surface area contributed by atoms with E-state index in [4.69, 9.17) is 24.7 Å². The molecule has 2 N–H and O–H groups in total. The van der Waals surface area contributed by atoms with E-state index in [0.29, 0.717) is 5.56 Å². The lowest BCUT2D eigenvalue weighted by Gasteiger charge is -2.21. The number of esters is 4. The van der Waals surface area contributed by atoms with Gasteiger partial charge in [-0.15, -0.1) is 0 Å². The number of nitrogens with two attached hydrogens (primary N) is 1. The van der Waals surface area contributed by atoms with Crippen molar-refractivity contribution in [2.75, 3.05) is 6.61 Å². The van der Waals surface area contributed by atoms with Crippen LogP contribution >= 0.6 is 0 Å². The molecule has 1 aromatic carbocycles. The van der Waals surface area contributed by atoms with E-state index in [0.717, 1.165) is 0 Å². The first-order chi connectivity index (χ1) is 16.6. The Kier molecular flexibility index (Phi) is 12.1. The van der Waals surface area contributed by atoms with Crippen molar-refractivity contribution in [1.29, 1.82) is 0 Å². The standard InChI is InChI=1S/C27H41NO8/c1-16(2)11-23(29)35-21-10-9-19(14-22(21)36-24(30)12-17(3)4)13-20(28)25(31)33-15-18(5)34-26(32)27(6,7)8/h9-10,14,16-18,20H,11-13,15,28H2,1-8H3/t18-,20-/m0/s1. The van der Waals surface area contributed by atoms with Crippen LogP contribution in [0.4, 0.5) is 0 Å². The molecule has 0 aromatic heterocycles. The minimum Gasteiger partial charge on any atom is -0.461 e. The van der Waals surface area contributed by atoms with Crippen LogP contribution in [0.25, 0.3) is 0 Å². The lowest BCUT2D eigenvalue weighted by Crippen LogP contribution is -2.37. The topological polar surface area (TPSA) is 131 Å². The molecule has 0 radical (unpaired) electrons. The van der Waals surface area contributed by atoms with Gasteiger partial charge >= 0.3 is 23.9 Å². The summed E-state index contributed by atoms with van der Waals surface area (Å²) in [6.45, 7) is 14.2. The Morgan fingerprint density at radius 2 is 1.39 bits per heavy atom. The highest BCUT2D eigenvalue weighted by molar-refractivity contribution is 5.78. The zero-order valence-electron chi connectivity index (χ0n) is 22.7.